The standard InChI is InChI=1S/C19H19NO6/c1-24-15-10-13(11-16(25-2)18(15)26-3)19(23)20-14-7-4-12(5-8-14)6-9-17(21)22/h4-11H,1-3H3,(H,20,23)(H,21,22). The molecule has 2 rings (SSSR count). The average molecular weight is 357 g/mol. The lowest BCUT2D eigenvalue weighted by Gasteiger charge is -2.14. The van der Waals surface area contributed by atoms with E-state index in [9.17, 15) is 9.59 Å². The van der Waals surface area contributed by atoms with Crippen molar-refractivity contribution in [3.05, 3.63) is 53.6 Å². The lowest BCUT2D eigenvalue weighted by Crippen LogP contribution is -2.12. The van der Waals surface area contributed by atoms with Crippen LogP contribution < -0.4 is 19.5 Å². The molecule has 0 saturated carbocycles. The number of carbonyl (C=O) groups excluding carboxylic acids is 1. The molecule has 0 unspecified atom stereocenters. The lowest BCUT2D eigenvalue weighted by atomic mass is 10.1. The number of ether oxygens (including phenoxy) is 3. The summed E-state index contributed by atoms with van der Waals surface area (Å²) in [6.07, 6.45) is 2.51. The van der Waals surface area contributed by atoms with Gasteiger partial charge in [0.05, 0.1) is 21.3 Å². The molecule has 7 nitrogen and oxygen atoms in total. The van der Waals surface area contributed by atoms with Gasteiger partial charge in [0.2, 0.25) is 5.75 Å². The molecule has 0 heterocycles. The summed E-state index contributed by atoms with van der Waals surface area (Å²) < 4.78 is 15.7. The number of nitrogens with one attached hydrogen (secondary N) is 1. The molecular weight excluding hydrogens is 338 g/mol. The quantitative estimate of drug-likeness (QED) is 0.740. The van der Waals surface area contributed by atoms with Crippen molar-refractivity contribution >= 4 is 23.6 Å². The molecule has 0 radical (unpaired) electrons. The van der Waals surface area contributed by atoms with Gasteiger partial charge < -0.3 is 24.6 Å². The fraction of sp³-hybridized carbons (Fsp3) is 0.158. The third-order valence-electron chi connectivity index (χ3n) is 3.51. The molecule has 26 heavy (non-hydrogen) atoms. The number of hydrogen-bond acceptors (Lipinski definition) is 5. The third kappa shape index (κ3) is 4.54. The lowest BCUT2D eigenvalue weighted by molar-refractivity contribution is -0.131. The average Bonchev–Trinajstić information content (AvgIpc) is 2.65. The second-order valence-corrected chi connectivity index (χ2v) is 5.16. The molecule has 2 aromatic carbocycles. The Kier molecular flexibility index (Phi) is 6.21. The molecule has 1 amide bonds. The van der Waals surface area contributed by atoms with Crippen molar-refractivity contribution in [2.24, 2.45) is 0 Å². The predicted octanol–water partition coefficient (Wildman–Crippen LogP) is 3.06. The van der Waals surface area contributed by atoms with E-state index >= 15 is 0 Å². The molecule has 0 aliphatic rings. The highest BCUT2D eigenvalue weighted by molar-refractivity contribution is 6.05. The maximum atomic E-state index is 12.5. The summed E-state index contributed by atoms with van der Waals surface area (Å²) in [6, 6.07) is 9.87. The minimum absolute atomic E-state index is 0.342. The van der Waals surface area contributed by atoms with Gasteiger partial charge in [-0.1, -0.05) is 12.1 Å². The van der Waals surface area contributed by atoms with Crippen molar-refractivity contribution in [2.75, 3.05) is 26.6 Å². The largest absolute Gasteiger partial charge is 0.493 e. The molecule has 136 valence electrons. The molecule has 0 spiro atoms. The summed E-state index contributed by atoms with van der Waals surface area (Å²) in [6.45, 7) is 0. The van der Waals surface area contributed by atoms with Gasteiger partial charge in [0, 0.05) is 17.3 Å². The molecule has 0 aliphatic heterocycles. The maximum absolute atomic E-state index is 12.5. The minimum atomic E-state index is -1.02. The van der Waals surface area contributed by atoms with Crippen LogP contribution in [-0.4, -0.2) is 38.3 Å². The van der Waals surface area contributed by atoms with Crippen LogP contribution in [-0.2, 0) is 4.79 Å². The van der Waals surface area contributed by atoms with Gasteiger partial charge in [0.25, 0.3) is 5.91 Å². The summed E-state index contributed by atoms with van der Waals surface area (Å²) in [5.74, 6) is -0.207. The monoisotopic (exact) mass is 357 g/mol. The van der Waals surface area contributed by atoms with Gasteiger partial charge in [0.1, 0.15) is 0 Å². The van der Waals surface area contributed by atoms with E-state index in [1.54, 1.807) is 36.4 Å². The zero-order chi connectivity index (χ0) is 19.1. The maximum Gasteiger partial charge on any atom is 0.328 e. The van der Waals surface area contributed by atoms with Gasteiger partial charge in [-0.25, -0.2) is 4.79 Å². The summed E-state index contributed by atoms with van der Waals surface area (Å²) >= 11 is 0. The van der Waals surface area contributed by atoms with E-state index in [2.05, 4.69) is 5.32 Å². The smallest absolute Gasteiger partial charge is 0.328 e. The van der Waals surface area contributed by atoms with E-state index < -0.39 is 5.97 Å². The van der Waals surface area contributed by atoms with Crippen molar-refractivity contribution < 1.29 is 28.9 Å². The predicted molar refractivity (Wildman–Crippen MR) is 97.2 cm³/mol. The van der Waals surface area contributed by atoms with Crippen molar-refractivity contribution in [2.45, 2.75) is 0 Å². The molecule has 0 aliphatic carbocycles. The molecule has 7 heteroatoms. The van der Waals surface area contributed by atoms with Gasteiger partial charge >= 0.3 is 5.97 Å². The first-order valence-corrected chi connectivity index (χ1v) is 7.61. The van der Waals surface area contributed by atoms with E-state index in [0.717, 1.165) is 6.08 Å². The van der Waals surface area contributed by atoms with Gasteiger partial charge in [-0.05, 0) is 35.9 Å². The van der Waals surface area contributed by atoms with Gasteiger partial charge in [-0.3, -0.25) is 4.79 Å². The molecule has 0 aromatic heterocycles. The van der Waals surface area contributed by atoms with Crippen LogP contribution in [0.4, 0.5) is 5.69 Å². The number of carboxylic acid groups (broad SMARTS) is 1. The highest BCUT2D eigenvalue weighted by atomic mass is 16.5. The SMILES string of the molecule is COc1cc(C(=O)Nc2ccc(C=CC(=O)O)cc2)cc(OC)c1OC. The van der Waals surface area contributed by atoms with E-state index in [1.807, 2.05) is 0 Å². The normalized spacial score (nSPS) is 10.4. The Morgan fingerprint density at radius 2 is 1.54 bits per heavy atom. The van der Waals surface area contributed by atoms with Crippen LogP contribution in [0.2, 0.25) is 0 Å². The Labute approximate surface area is 150 Å². The second-order valence-electron chi connectivity index (χ2n) is 5.16. The summed E-state index contributed by atoms with van der Waals surface area (Å²) in [5, 5.41) is 11.4. The Bertz CT molecular complexity index is 801. The van der Waals surface area contributed by atoms with Crippen molar-refractivity contribution in [1.29, 1.82) is 0 Å². The summed E-state index contributed by atoms with van der Waals surface area (Å²) in [4.78, 5) is 23.0. The Hall–Kier alpha value is -3.48. The van der Waals surface area contributed by atoms with Crippen LogP contribution in [0.1, 0.15) is 15.9 Å². The molecule has 0 bridgehead atoms. The first-order valence-electron chi connectivity index (χ1n) is 7.61. The number of methoxy groups -OCH3 is 3. The van der Waals surface area contributed by atoms with Crippen LogP contribution in [0.5, 0.6) is 17.2 Å². The van der Waals surface area contributed by atoms with Crippen molar-refractivity contribution in [3.8, 4) is 17.2 Å². The number of hydrogen-bond donors (Lipinski definition) is 2. The van der Waals surface area contributed by atoms with E-state index in [0.29, 0.717) is 34.1 Å². The van der Waals surface area contributed by atoms with Crippen LogP contribution in [0.25, 0.3) is 6.08 Å². The number of rotatable bonds is 7. The zero-order valence-electron chi connectivity index (χ0n) is 14.6. The number of aliphatic carboxylic acids is 1. The first-order chi connectivity index (χ1) is 12.5. The highest BCUT2D eigenvalue weighted by Gasteiger charge is 2.17. The number of amides is 1. The highest BCUT2D eigenvalue weighted by Crippen LogP contribution is 2.38. The topological polar surface area (TPSA) is 94.1 Å². The van der Waals surface area contributed by atoms with E-state index in [-0.39, 0.29) is 5.91 Å². The van der Waals surface area contributed by atoms with Gasteiger partial charge in [-0.15, -0.1) is 0 Å². The van der Waals surface area contributed by atoms with E-state index in [4.69, 9.17) is 19.3 Å². The molecule has 2 N–H and O–H groups in total. The van der Waals surface area contributed by atoms with Crippen molar-refractivity contribution in [1.82, 2.24) is 0 Å². The molecular formula is C19H19NO6. The number of anilines is 1. The Balaban J connectivity index is 2.20. The second kappa shape index (κ2) is 8.57. The summed E-state index contributed by atoms with van der Waals surface area (Å²) in [7, 11) is 4.44. The van der Waals surface area contributed by atoms with Crippen LogP contribution in [0.3, 0.4) is 0 Å². The van der Waals surface area contributed by atoms with Crippen LogP contribution >= 0.6 is 0 Å². The third-order valence-corrected chi connectivity index (χ3v) is 3.51. The zero-order valence-corrected chi connectivity index (χ0v) is 14.6. The number of carbonyl (C=O) groups is 2. The molecule has 0 atom stereocenters. The fourth-order valence-corrected chi connectivity index (χ4v) is 2.26. The Morgan fingerprint density at radius 1 is 0.962 bits per heavy atom. The summed E-state index contributed by atoms with van der Waals surface area (Å²) in [5.41, 5.74) is 1.61. The van der Waals surface area contributed by atoms with Crippen LogP contribution in [0, 0.1) is 0 Å². The number of carboxylic acids is 1. The van der Waals surface area contributed by atoms with Gasteiger partial charge in [0.15, 0.2) is 11.5 Å². The van der Waals surface area contributed by atoms with Crippen LogP contribution in [0.15, 0.2) is 42.5 Å². The minimum Gasteiger partial charge on any atom is -0.493 e. The number of benzene rings is 2. The first kappa shape index (κ1) is 18.9. The molecule has 2 aromatic rings. The van der Waals surface area contributed by atoms with E-state index in [1.165, 1.54) is 27.4 Å². The van der Waals surface area contributed by atoms with Gasteiger partial charge in [-0.2, -0.15) is 0 Å². The molecule has 0 fully saturated rings. The molecule has 0 saturated heterocycles. The fourth-order valence-electron chi connectivity index (χ4n) is 2.26. The Morgan fingerprint density at radius 3 is 2.00 bits per heavy atom. The van der Waals surface area contributed by atoms with Crippen molar-refractivity contribution in [3.63, 3.8) is 0 Å².